The van der Waals surface area contributed by atoms with Gasteiger partial charge in [0, 0.05) is 11.5 Å². The molecule has 0 aromatic heterocycles. The number of rotatable bonds is 3. The smallest absolute Gasteiger partial charge is 0.339 e. The van der Waals surface area contributed by atoms with Crippen molar-refractivity contribution in [3.05, 3.63) is 64.2 Å². The monoisotopic (exact) mass is 312 g/mol. The van der Waals surface area contributed by atoms with E-state index in [1.807, 2.05) is 6.92 Å². The van der Waals surface area contributed by atoms with Gasteiger partial charge < -0.3 is 10.2 Å². The van der Waals surface area contributed by atoms with Gasteiger partial charge in [-0.15, -0.1) is 0 Å². The van der Waals surface area contributed by atoms with Crippen molar-refractivity contribution in [1.29, 1.82) is 0 Å². The number of carboxylic acids is 1. The fourth-order valence-electron chi connectivity index (χ4n) is 2.76. The highest BCUT2D eigenvalue weighted by Crippen LogP contribution is 2.35. The first kappa shape index (κ1) is 17.1. The molecule has 1 atom stereocenters. The van der Waals surface area contributed by atoms with E-state index < -0.39 is 5.97 Å². The van der Waals surface area contributed by atoms with Gasteiger partial charge in [0.2, 0.25) is 0 Å². The molecule has 0 radical (unpaired) electrons. The summed E-state index contributed by atoms with van der Waals surface area (Å²) in [5, 5.41) is 19.5. The molecule has 23 heavy (non-hydrogen) atoms. The Kier molecular flexibility index (Phi) is 4.51. The maximum atomic E-state index is 11.2. The molecule has 0 bridgehead atoms. The Labute approximate surface area is 137 Å². The standard InChI is InChI=1S/C20H24O3/c1-12-9-14(11-15(10-12)20(3,4)5)13(2)16-7-6-8-17(18(16)21)19(22)23/h6-11,13,21H,1-5H3,(H,22,23). The largest absolute Gasteiger partial charge is 0.507 e. The number of hydrogen-bond donors (Lipinski definition) is 2. The number of aryl methyl sites for hydroxylation is 1. The van der Waals surface area contributed by atoms with E-state index >= 15 is 0 Å². The molecule has 1 unspecified atom stereocenters. The van der Waals surface area contributed by atoms with Gasteiger partial charge in [-0.3, -0.25) is 0 Å². The van der Waals surface area contributed by atoms with Gasteiger partial charge in [-0.2, -0.15) is 0 Å². The van der Waals surface area contributed by atoms with E-state index in [9.17, 15) is 15.0 Å². The molecule has 0 saturated heterocycles. The van der Waals surface area contributed by atoms with E-state index in [1.54, 1.807) is 12.1 Å². The molecule has 0 heterocycles. The second kappa shape index (κ2) is 6.07. The molecule has 3 heteroatoms. The van der Waals surface area contributed by atoms with Gasteiger partial charge in [0.05, 0.1) is 0 Å². The predicted molar refractivity (Wildman–Crippen MR) is 92.5 cm³/mol. The number of benzene rings is 2. The number of para-hydroxylation sites is 1. The number of aromatic hydroxyl groups is 1. The van der Waals surface area contributed by atoms with E-state index in [0.717, 1.165) is 11.1 Å². The lowest BCUT2D eigenvalue weighted by Crippen LogP contribution is -2.12. The fraction of sp³-hybridized carbons (Fsp3) is 0.350. The summed E-state index contributed by atoms with van der Waals surface area (Å²) >= 11 is 0. The number of aromatic carboxylic acids is 1. The lowest BCUT2D eigenvalue weighted by molar-refractivity contribution is 0.0693. The van der Waals surface area contributed by atoms with Gasteiger partial charge in [0.15, 0.2) is 0 Å². The van der Waals surface area contributed by atoms with Crippen LogP contribution in [0.15, 0.2) is 36.4 Å². The number of phenols is 1. The van der Waals surface area contributed by atoms with Gasteiger partial charge >= 0.3 is 5.97 Å². The Balaban J connectivity index is 2.54. The molecule has 0 saturated carbocycles. The summed E-state index contributed by atoms with van der Waals surface area (Å²) in [7, 11) is 0. The first-order valence-corrected chi connectivity index (χ1v) is 7.78. The summed E-state index contributed by atoms with van der Waals surface area (Å²) < 4.78 is 0. The topological polar surface area (TPSA) is 57.5 Å². The molecule has 0 aliphatic carbocycles. The highest BCUT2D eigenvalue weighted by molar-refractivity contribution is 5.91. The van der Waals surface area contributed by atoms with E-state index in [1.165, 1.54) is 11.6 Å². The Morgan fingerprint density at radius 3 is 2.35 bits per heavy atom. The molecule has 0 aliphatic rings. The minimum Gasteiger partial charge on any atom is -0.507 e. The first-order chi connectivity index (χ1) is 10.6. The molecule has 0 aliphatic heterocycles. The highest BCUT2D eigenvalue weighted by Gasteiger charge is 2.21. The third kappa shape index (κ3) is 3.55. The van der Waals surface area contributed by atoms with Crippen molar-refractivity contribution < 1.29 is 15.0 Å². The average Bonchev–Trinajstić information content (AvgIpc) is 2.45. The van der Waals surface area contributed by atoms with E-state index in [0.29, 0.717) is 5.56 Å². The molecule has 3 nitrogen and oxygen atoms in total. The van der Waals surface area contributed by atoms with Crippen molar-refractivity contribution in [3.63, 3.8) is 0 Å². The third-order valence-corrected chi connectivity index (χ3v) is 4.23. The minimum absolute atomic E-state index is 0.0332. The third-order valence-electron chi connectivity index (χ3n) is 4.23. The van der Waals surface area contributed by atoms with Crippen LogP contribution in [0.1, 0.15) is 66.2 Å². The van der Waals surface area contributed by atoms with Gasteiger partial charge in [-0.05, 0) is 29.5 Å². The maximum absolute atomic E-state index is 11.2. The van der Waals surface area contributed by atoms with Crippen molar-refractivity contribution in [3.8, 4) is 5.75 Å². The first-order valence-electron chi connectivity index (χ1n) is 7.78. The van der Waals surface area contributed by atoms with Crippen molar-refractivity contribution in [2.24, 2.45) is 0 Å². The Morgan fingerprint density at radius 2 is 1.78 bits per heavy atom. The van der Waals surface area contributed by atoms with Gasteiger partial charge in [0.1, 0.15) is 11.3 Å². The van der Waals surface area contributed by atoms with E-state index in [2.05, 4.69) is 45.9 Å². The Hall–Kier alpha value is -2.29. The molecule has 122 valence electrons. The van der Waals surface area contributed by atoms with Gasteiger partial charge in [-0.25, -0.2) is 4.79 Å². The molecule has 2 aromatic rings. The zero-order chi connectivity index (χ0) is 17.4. The van der Waals surface area contributed by atoms with Crippen LogP contribution in [-0.4, -0.2) is 16.2 Å². The highest BCUT2D eigenvalue weighted by atomic mass is 16.4. The summed E-state index contributed by atoms with van der Waals surface area (Å²) in [6, 6.07) is 11.3. The van der Waals surface area contributed by atoms with Crippen LogP contribution in [0.3, 0.4) is 0 Å². The Bertz CT molecular complexity index is 739. The minimum atomic E-state index is -1.11. The number of carbonyl (C=O) groups is 1. The normalized spacial score (nSPS) is 12.9. The average molecular weight is 312 g/mol. The summed E-state index contributed by atoms with van der Waals surface area (Å²) in [6.45, 7) is 10.5. The lowest BCUT2D eigenvalue weighted by atomic mass is 9.82. The summed E-state index contributed by atoms with van der Waals surface area (Å²) in [5.74, 6) is -1.35. The van der Waals surface area contributed by atoms with Crippen molar-refractivity contribution in [2.45, 2.75) is 46.0 Å². The molecule has 0 amide bonds. The van der Waals surface area contributed by atoms with E-state index in [-0.39, 0.29) is 22.6 Å². The Morgan fingerprint density at radius 1 is 1.13 bits per heavy atom. The van der Waals surface area contributed by atoms with Crippen LogP contribution in [0.5, 0.6) is 5.75 Å². The van der Waals surface area contributed by atoms with Crippen molar-refractivity contribution in [1.82, 2.24) is 0 Å². The molecule has 2 N–H and O–H groups in total. The second-order valence-corrected chi connectivity index (χ2v) is 7.15. The van der Waals surface area contributed by atoms with Crippen LogP contribution in [0.25, 0.3) is 0 Å². The predicted octanol–water partition coefficient (Wildman–Crippen LogP) is 4.85. The van der Waals surface area contributed by atoms with E-state index in [4.69, 9.17) is 0 Å². The lowest BCUT2D eigenvalue weighted by Gasteiger charge is -2.23. The van der Waals surface area contributed by atoms with Crippen LogP contribution in [0.4, 0.5) is 0 Å². The van der Waals surface area contributed by atoms with Gasteiger partial charge in [-0.1, -0.05) is 63.6 Å². The molecule has 2 rings (SSSR count). The SMILES string of the molecule is Cc1cc(C(C)c2cccc(C(=O)O)c2O)cc(C(C)(C)C)c1. The van der Waals surface area contributed by atoms with Gasteiger partial charge in [0.25, 0.3) is 0 Å². The quantitative estimate of drug-likeness (QED) is 0.852. The molecular weight excluding hydrogens is 288 g/mol. The number of hydrogen-bond acceptors (Lipinski definition) is 2. The zero-order valence-electron chi connectivity index (χ0n) is 14.3. The summed E-state index contributed by atoms with van der Waals surface area (Å²) in [6.07, 6.45) is 0. The summed E-state index contributed by atoms with van der Waals surface area (Å²) in [5.41, 5.74) is 4.08. The van der Waals surface area contributed by atoms with Crippen LogP contribution in [0.2, 0.25) is 0 Å². The molecular formula is C20H24O3. The molecule has 0 fully saturated rings. The molecule has 2 aromatic carbocycles. The van der Waals surface area contributed by atoms with Crippen LogP contribution in [-0.2, 0) is 5.41 Å². The maximum Gasteiger partial charge on any atom is 0.339 e. The fourth-order valence-corrected chi connectivity index (χ4v) is 2.76. The van der Waals surface area contributed by atoms with Crippen LogP contribution < -0.4 is 0 Å². The van der Waals surface area contributed by atoms with Crippen LogP contribution >= 0.6 is 0 Å². The zero-order valence-corrected chi connectivity index (χ0v) is 14.3. The second-order valence-electron chi connectivity index (χ2n) is 7.15. The molecule has 0 spiro atoms. The number of carboxylic acid groups (broad SMARTS) is 1. The van der Waals surface area contributed by atoms with Crippen molar-refractivity contribution >= 4 is 5.97 Å². The van der Waals surface area contributed by atoms with Crippen molar-refractivity contribution in [2.75, 3.05) is 0 Å². The van der Waals surface area contributed by atoms with Crippen LogP contribution in [0, 0.1) is 6.92 Å². The summed E-state index contributed by atoms with van der Waals surface area (Å²) in [4.78, 5) is 11.2.